The predicted molar refractivity (Wildman–Crippen MR) is 117 cm³/mol. The molecule has 2 fully saturated rings. The van der Waals surface area contributed by atoms with E-state index in [9.17, 15) is 0 Å². The van der Waals surface area contributed by atoms with Crippen molar-refractivity contribution in [2.24, 2.45) is 10.4 Å². The largest absolute Gasteiger partial charge is 0.385 e. The zero-order valence-electron chi connectivity index (χ0n) is 18.2. The molecule has 2 N–H and O–H groups in total. The Bertz CT molecular complexity index is 660. The lowest BCUT2D eigenvalue weighted by Gasteiger charge is -2.32. The topological polar surface area (TPSA) is 71.0 Å². The van der Waals surface area contributed by atoms with Crippen LogP contribution < -0.4 is 15.5 Å². The lowest BCUT2D eigenvalue weighted by molar-refractivity contribution is 0.0529. The first kappa shape index (κ1) is 21.8. The smallest absolute Gasteiger partial charge is 0.191 e. The molecule has 1 aliphatic carbocycles. The van der Waals surface area contributed by atoms with E-state index in [1.807, 2.05) is 13.2 Å². The minimum absolute atomic E-state index is 0.247. The minimum Gasteiger partial charge on any atom is -0.385 e. The number of hydrogen-bond donors (Lipinski definition) is 2. The van der Waals surface area contributed by atoms with Gasteiger partial charge in [-0.1, -0.05) is 12.8 Å². The van der Waals surface area contributed by atoms with E-state index in [1.165, 1.54) is 31.2 Å². The van der Waals surface area contributed by atoms with Crippen LogP contribution >= 0.6 is 0 Å². The molecule has 2 aliphatic rings. The number of anilines is 1. The van der Waals surface area contributed by atoms with Crippen LogP contribution in [0, 0.1) is 5.41 Å². The molecule has 0 radical (unpaired) electrons. The number of aliphatic imine (C=N–C) groups is 1. The van der Waals surface area contributed by atoms with Gasteiger partial charge < -0.3 is 25.0 Å². The molecule has 7 nitrogen and oxygen atoms in total. The minimum atomic E-state index is 0.247. The van der Waals surface area contributed by atoms with Gasteiger partial charge in [0.25, 0.3) is 0 Å². The van der Waals surface area contributed by atoms with E-state index in [1.54, 1.807) is 7.11 Å². The van der Waals surface area contributed by atoms with E-state index in [2.05, 4.69) is 44.6 Å². The summed E-state index contributed by atoms with van der Waals surface area (Å²) in [5.74, 6) is 1.87. The molecule has 1 aliphatic heterocycles. The molecule has 0 bridgehead atoms. The molecule has 1 aromatic heterocycles. The summed E-state index contributed by atoms with van der Waals surface area (Å²) >= 11 is 0. The van der Waals surface area contributed by atoms with Crippen molar-refractivity contribution in [3.8, 4) is 0 Å². The van der Waals surface area contributed by atoms with Crippen LogP contribution in [0.4, 0.5) is 5.82 Å². The molecule has 29 heavy (non-hydrogen) atoms. The molecule has 2 heterocycles. The van der Waals surface area contributed by atoms with Crippen LogP contribution in [0.15, 0.2) is 23.3 Å². The van der Waals surface area contributed by atoms with Crippen LogP contribution in [-0.4, -0.2) is 64.1 Å². The number of morpholine rings is 1. The third kappa shape index (κ3) is 6.31. The van der Waals surface area contributed by atoms with Gasteiger partial charge in [0, 0.05) is 53.1 Å². The third-order valence-electron chi connectivity index (χ3n) is 6.19. The molecule has 162 valence electrons. The summed E-state index contributed by atoms with van der Waals surface area (Å²) in [5.41, 5.74) is 1.54. The lowest BCUT2D eigenvalue weighted by Crippen LogP contribution is -2.43. The Kier molecular flexibility index (Phi) is 8.12. The number of nitrogens with zero attached hydrogens (tertiary/aromatic N) is 3. The summed E-state index contributed by atoms with van der Waals surface area (Å²) in [7, 11) is 3.62. The second-order valence-electron chi connectivity index (χ2n) is 8.38. The highest BCUT2D eigenvalue weighted by molar-refractivity contribution is 5.79. The van der Waals surface area contributed by atoms with Gasteiger partial charge in [-0.25, -0.2) is 4.98 Å². The van der Waals surface area contributed by atoms with E-state index in [0.717, 1.165) is 57.6 Å². The van der Waals surface area contributed by atoms with Crippen LogP contribution in [0.1, 0.15) is 44.6 Å². The van der Waals surface area contributed by atoms with Crippen molar-refractivity contribution < 1.29 is 9.47 Å². The maximum absolute atomic E-state index is 5.64. The van der Waals surface area contributed by atoms with E-state index < -0.39 is 0 Å². The van der Waals surface area contributed by atoms with Crippen molar-refractivity contribution in [1.29, 1.82) is 0 Å². The van der Waals surface area contributed by atoms with Crippen molar-refractivity contribution in [2.75, 3.05) is 51.9 Å². The highest BCUT2D eigenvalue weighted by Gasteiger charge is 2.33. The van der Waals surface area contributed by atoms with E-state index in [0.29, 0.717) is 5.41 Å². The summed E-state index contributed by atoms with van der Waals surface area (Å²) in [5, 5.41) is 7.01. The number of pyridine rings is 1. The number of nitrogens with one attached hydrogen (secondary N) is 2. The van der Waals surface area contributed by atoms with Gasteiger partial charge in [-0.2, -0.15) is 0 Å². The molecular weight excluding hydrogens is 366 g/mol. The van der Waals surface area contributed by atoms with Crippen molar-refractivity contribution in [3.63, 3.8) is 0 Å². The van der Waals surface area contributed by atoms with Gasteiger partial charge in [0.2, 0.25) is 0 Å². The molecular formula is C22H37N5O2. The van der Waals surface area contributed by atoms with Crippen molar-refractivity contribution in [3.05, 3.63) is 23.9 Å². The number of ether oxygens (including phenoxy) is 2. The second-order valence-corrected chi connectivity index (χ2v) is 8.38. The van der Waals surface area contributed by atoms with Crippen LogP contribution in [0.25, 0.3) is 0 Å². The number of rotatable bonds is 8. The SMILES string of the molecule is CN=C(NCc1ccnc(N2CCOC(C)C2)c1)NCC1(CCOC)CCCC1. The summed E-state index contributed by atoms with van der Waals surface area (Å²) in [6.07, 6.45) is 8.42. The molecule has 3 rings (SSSR count). The van der Waals surface area contributed by atoms with Crippen molar-refractivity contribution in [1.82, 2.24) is 15.6 Å². The first-order valence-electron chi connectivity index (χ1n) is 10.9. The Morgan fingerprint density at radius 3 is 2.93 bits per heavy atom. The fraction of sp³-hybridized carbons (Fsp3) is 0.727. The molecule has 1 aromatic rings. The van der Waals surface area contributed by atoms with Gasteiger partial charge in [-0.3, -0.25) is 4.99 Å². The first-order valence-corrected chi connectivity index (χ1v) is 10.9. The Morgan fingerprint density at radius 2 is 2.21 bits per heavy atom. The quantitative estimate of drug-likeness (QED) is 0.514. The lowest BCUT2D eigenvalue weighted by atomic mass is 9.83. The van der Waals surface area contributed by atoms with Crippen LogP contribution in [0.2, 0.25) is 0 Å². The average molecular weight is 404 g/mol. The molecule has 0 amide bonds. The third-order valence-corrected chi connectivity index (χ3v) is 6.19. The molecule has 1 saturated carbocycles. The first-order chi connectivity index (χ1) is 14.1. The number of guanidine groups is 1. The maximum atomic E-state index is 5.64. The predicted octanol–water partition coefficient (Wildman–Crippen LogP) is 2.57. The van der Waals surface area contributed by atoms with E-state index in [-0.39, 0.29) is 6.10 Å². The van der Waals surface area contributed by atoms with E-state index in [4.69, 9.17) is 9.47 Å². The van der Waals surface area contributed by atoms with Crippen LogP contribution in [0.3, 0.4) is 0 Å². The Labute approximate surface area is 175 Å². The zero-order chi connectivity index (χ0) is 20.5. The van der Waals surface area contributed by atoms with Crippen molar-refractivity contribution >= 4 is 11.8 Å². The Morgan fingerprint density at radius 1 is 1.38 bits per heavy atom. The van der Waals surface area contributed by atoms with Gasteiger partial charge in [0.15, 0.2) is 5.96 Å². The van der Waals surface area contributed by atoms with Crippen molar-refractivity contribution in [2.45, 2.75) is 51.7 Å². The Hall–Kier alpha value is -1.86. The average Bonchev–Trinajstić information content (AvgIpc) is 3.22. The molecule has 1 saturated heterocycles. The maximum Gasteiger partial charge on any atom is 0.191 e. The Balaban J connectivity index is 1.52. The second kappa shape index (κ2) is 10.8. The molecule has 0 aromatic carbocycles. The van der Waals surface area contributed by atoms with Gasteiger partial charge in [0.05, 0.1) is 12.7 Å². The standard InChI is InChI=1S/C22H37N5O2/c1-18-16-27(11-13-29-18)20-14-19(6-10-24-20)15-25-21(23-2)26-17-22(9-12-28-3)7-4-5-8-22/h6,10,14,18H,4-5,7-9,11-13,15-17H2,1-3H3,(H2,23,25,26). The molecule has 1 atom stereocenters. The fourth-order valence-electron chi connectivity index (χ4n) is 4.41. The summed E-state index contributed by atoms with van der Waals surface area (Å²) in [4.78, 5) is 11.3. The fourth-order valence-corrected chi connectivity index (χ4v) is 4.41. The van der Waals surface area contributed by atoms with Gasteiger partial charge >= 0.3 is 0 Å². The van der Waals surface area contributed by atoms with Crippen LogP contribution in [-0.2, 0) is 16.0 Å². The highest BCUT2D eigenvalue weighted by atomic mass is 16.5. The zero-order valence-corrected chi connectivity index (χ0v) is 18.2. The summed E-state index contributed by atoms with van der Waals surface area (Å²) in [6, 6.07) is 4.22. The van der Waals surface area contributed by atoms with E-state index >= 15 is 0 Å². The normalized spacial score (nSPS) is 22.0. The molecule has 7 heteroatoms. The summed E-state index contributed by atoms with van der Waals surface area (Å²) in [6.45, 7) is 7.14. The highest BCUT2D eigenvalue weighted by Crippen LogP contribution is 2.40. The van der Waals surface area contributed by atoms with Gasteiger partial charge in [-0.05, 0) is 49.3 Å². The summed E-state index contributed by atoms with van der Waals surface area (Å²) < 4.78 is 11.0. The number of aromatic nitrogens is 1. The number of methoxy groups -OCH3 is 1. The van der Waals surface area contributed by atoms with Gasteiger partial charge in [-0.15, -0.1) is 0 Å². The monoisotopic (exact) mass is 403 g/mol. The van der Waals surface area contributed by atoms with Crippen LogP contribution in [0.5, 0.6) is 0 Å². The van der Waals surface area contributed by atoms with Gasteiger partial charge in [0.1, 0.15) is 5.82 Å². The number of hydrogen-bond acceptors (Lipinski definition) is 5. The molecule has 1 unspecified atom stereocenters. The molecule has 0 spiro atoms.